The molecule has 2 rings (SSSR count). The third kappa shape index (κ3) is 4.52. The van der Waals surface area contributed by atoms with Crippen LogP contribution in [0.5, 0.6) is 0 Å². The molecule has 1 amide bonds. The van der Waals surface area contributed by atoms with E-state index in [1.54, 1.807) is 12.3 Å². The summed E-state index contributed by atoms with van der Waals surface area (Å²) in [6.45, 7) is 5.38. The lowest BCUT2D eigenvalue weighted by atomic mass is 10.1. The van der Waals surface area contributed by atoms with Crippen LogP contribution < -0.4 is 5.32 Å². The zero-order valence-corrected chi connectivity index (χ0v) is 11.6. The topological polar surface area (TPSA) is 56.2 Å². The van der Waals surface area contributed by atoms with Crippen molar-refractivity contribution in [3.05, 3.63) is 24.0 Å². The standard InChI is InChI=1S/C14H21N3O2/c1-11(2)7-14(18)16-12-8-15-17(9-12)10-13-5-3-4-6-19-13/h7-9,13H,3-6,10H2,1-2H3,(H,16,18)/t13-/m0/s1. The van der Waals surface area contributed by atoms with Crippen molar-refractivity contribution in [2.75, 3.05) is 11.9 Å². The van der Waals surface area contributed by atoms with Crippen LogP contribution in [0.15, 0.2) is 24.0 Å². The fourth-order valence-electron chi connectivity index (χ4n) is 2.13. The number of hydrogen-bond acceptors (Lipinski definition) is 3. The van der Waals surface area contributed by atoms with Gasteiger partial charge in [-0.05, 0) is 33.1 Å². The van der Waals surface area contributed by atoms with Gasteiger partial charge in [0.15, 0.2) is 0 Å². The van der Waals surface area contributed by atoms with Gasteiger partial charge in [-0.2, -0.15) is 5.10 Å². The Hall–Kier alpha value is -1.62. The van der Waals surface area contributed by atoms with Gasteiger partial charge in [0.05, 0.1) is 24.5 Å². The Labute approximate surface area is 113 Å². The Morgan fingerprint density at radius 2 is 2.42 bits per heavy atom. The molecule has 0 spiro atoms. The molecule has 1 atom stereocenters. The lowest BCUT2D eigenvalue weighted by molar-refractivity contribution is -0.111. The third-order valence-corrected chi connectivity index (χ3v) is 2.99. The predicted molar refractivity (Wildman–Crippen MR) is 73.9 cm³/mol. The molecule has 0 unspecified atom stereocenters. The van der Waals surface area contributed by atoms with Gasteiger partial charge in [-0.1, -0.05) is 5.57 Å². The van der Waals surface area contributed by atoms with E-state index in [-0.39, 0.29) is 12.0 Å². The van der Waals surface area contributed by atoms with Gasteiger partial charge in [-0.15, -0.1) is 0 Å². The number of nitrogens with one attached hydrogen (secondary N) is 1. The van der Waals surface area contributed by atoms with E-state index < -0.39 is 0 Å². The molecule has 5 nitrogen and oxygen atoms in total. The fraction of sp³-hybridized carbons (Fsp3) is 0.571. The minimum absolute atomic E-state index is 0.117. The number of carbonyl (C=O) groups is 1. The van der Waals surface area contributed by atoms with E-state index in [1.165, 1.54) is 6.42 Å². The lowest BCUT2D eigenvalue weighted by Gasteiger charge is -2.22. The van der Waals surface area contributed by atoms with Crippen molar-refractivity contribution >= 4 is 11.6 Å². The molecule has 1 aliphatic heterocycles. The van der Waals surface area contributed by atoms with Gasteiger partial charge in [-0.3, -0.25) is 9.48 Å². The van der Waals surface area contributed by atoms with Gasteiger partial charge < -0.3 is 10.1 Å². The number of ether oxygens (including phenoxy) is 1. The second kappa shape index (κ2) is 6.52. The highest BCUT2D eigenvalue weighted by atomic mass is 16.5. The average Bonchev–Trinajstić information content (AvgIpc) is 2.76. The zero-order valence-electron chi connectivity index (χ0n) is 11.6. The third-order valence-electron chi connectivity index (χ3n) is 2.99. The summed E-state index contributed by atoms with van der Waals surface area (Å²) in [6.07, 6.45) is 8.78. The molecule has 1 fully saturated rings. The second-order valence-electron chi connectivity index (χ2n) is 5.15. The summed E-state index contributed by atoms with van der Waals surface area (Å²) >= 11 is 0. The number of rotatable bonds is 4. The van der Waals surface area contributed by atoms with Crippen LogP contribution in [0.1, 0.15) is 33.1 Å². The SMILES string of the molecule is CC(C)=CC(=O)Nc1cnn(C[C@@H]2CCCCO2)c1. The molecule has 1 N–H and O–H groups in total. The summed E-state index contributed by atoms with van der Waals surface area (Å²) in [5, 5.41) is 7.04. The van der Waals surface area contributed by atoms with Crippen LogP contribution in [-0.4, -0.2) is 28.4 Å². The molecule has 1 aliphatic rings. The number of aromatic nitrogens is 2. The van der Waals surface area contributed by atoms with Gasteiger partial charge in [0.2, 0.25) is 5.91 Å². The number of carbonyl (C=O) groups excluding carboxylic acids is 1. The van der Waals surface area contributed by atoms with E-state index in [9.17, 15) is 4.79 Å². The summed E-state index contributed by atoms with van der Waals surface area (Å²) < 4.78 is 7.49. The Balaban J connectivity index is 1.88. The van der Waals surface area contributed by atoms with Crippen LogP contribution >= 0.6 is 0 Å². The van der Waals surface area contributed by atoms with Crippen LogP contribution in [0.3, 0.4) is 0 Å². The molecule has 104 valence electrons. The molecule has 2 heterocycles. The number of nitrogens with zero attached hydrogens (tertiary/aromatic N) is 2. The van der Waals surface area contributed by atoms with Crippen LogP contribution in [0.4, 0.5) is 5.69 Å². The fourth-order valence-corrected chi connectivity index (χ4v) is 2.13. The maximum absolute atomic E-state index is 11.6. The normalized spacial score (nSPS) is 18.9. The molecule has 19 heavy (non-hydrogen) atoms. The highest BCUT2D eigenvalue weighted by Crippen LogP contribution is 2.15. The number of hydrogen-bond donors (Lipinski definition) is 1. The Kier molecular flexibility index (Phi) is 4.74. The van der Waals surface area contributed by atoms with Crippen molar-refractivity contribution in [3.8, 4) is 0 Å². The Bertz CT molecular complexity index is 455. The second-order valence-corrected chi connectivity index (χ2v) is 5.15. The van der Waals surface area contributed by atoms with E-state index in [0.717, 1.165) is 37.3 Å². The summed E-state index contributed by atoms with van der Waals surface area (Å²) in [5.41, 5.74) is 1.69. The first kappa shape index (κ1) is 13.8. The van der Waals surface area contributed by atoms with Crippen LogP contribution in [0.25, 0.3) is 0 Å². The zero-order chi connectivity index (χ0) is 13.7. The van der Waals surface area contributed by atoms with E-state index in [1.807, 2.05) is 24.7 Å². The highest BCUT2D eigenvalue weighted by Gasteiger charge is 2.14. The average molecular weight is 263 g/mol. The van der Waals surface area contributed by atoms with Crippen molar-refractivity contribution in [2.45, 2.75) is 45.8 Å². The highest BCUT2D eigenvalue weighted by molar-refractivity contribution is 5.99. The maximum Gasteiger partial charge on any atom is 0.248 e. The minimum Gasteiger partial charge on any atom is -0.376 e. The molecule has 1 aromatic rings. The van der Waals surface area contributed by atoms with Gasteiger partial charge in [0, 0.05) is 18.9 Å². The summed E-state index contributed by atoms with van der Waals surface area (Å²) in [4.78, 5) is 11.6. The molecule has 1 aromatic heterocycles. The largest absolute Gasteiger partial charge is 0.376 e. The first-order valence-electron chi connectivity index (χ1n) is 6.73. The van der Waals surface area contributed by atoms with Crippen molar-refractivity contribution in [2.24, 2.45) is 0 Å². The van der Waals surface area contributed by atoms with Crippen LogP contribution in [0, 0.1) is 0 Å². The van der Waals surface area contributed by atoms with Gasteiger partial charge in [-0.25, -0.2) is 0 Å². The molecular formula is C14H21N3O2. The minimum atomic E-state index is -0.117. The molecule has 1 saturated heterocycles. The smallest absolute Gasteiger partial charge is 0.248 e. The van der Waals surface area contributed by atoms with E-state index in [2.05, 4.69) is 10.4 Å². The van der Waals surface area contributed by atoms with E-state index in [4.69, 9.17) is 4.74 Å². The van der Waals surface area contributed by atoms with Crippen LogP contribution in [0.2, 0.25) is 0 Å². The molecule has 5 heteroatoms. The van der Waals surface area contributed by atoms with Gasteiger partial charge in [0.1, 0.15) is 0 Å². The van der Waals surface area contributed by atoms with E-state index in [0.29, 0.717) is 0 Å². The van der Waals surface area contributed by atoms with Crippen molar-refractivity contribution in [1.82, 2.24) is 9.78 Å². The predicted octanol–water partition coefficient (Wildman–Crippen LogP) is 2.36. The quantitative estimate of drug-likeness (QED) is 0.848. The van der Waals surface area contributed by atoms with E-state index >= 15 is 0 Å². The number of amides is 1. The molecule has 0 bridgehead atoms. The van der Waals surface area contributed by atoms with Gasteiger partial charge >= 0.3 is 0 Å². The summed E-state index contributed by atoms with van der Waals surface area (Å²) in [7, 11) is 0. The lowest BCUT2D eigenvalue weighted by Crippen LogP contribution is -2.24. The molecule has 0 aliphatic carbocycles. The van der Waals surface area contributed by atoms with Crippen molar-refractivity contribution in [3.63, 3.8) is 0 Å². The Morgan fingerprint density at radius 3 is 3.11 bits per heavy atom. The maximum atomic E-state index is 11.6. The van der Waals surface area contributed by atoms with Crippen molar-refractivity contribution < 1.29 is 9.53 Å². The van der Waals surface area contributed by atoms with Crippen molar-refractivity contribution in [1.29, 1.82) is 0 Å². The molecular weight excluding hydrogens is 242 g/mol. The van der Waals surface area contributed by atoms with Crippen LogP contribution in [-0.2, 0) is 16.1 Å². The van der Waals surface area contributed by atoms with Gasteiger partial charge in [0.25, 0.3) is 0 Å². The number of anilines is 1. The monoisotopic (exact) mass is 263 g/mol. The molecule has 0 saturated carbocycles. The first-order valence-corrected chi connectivity index (χ1v) is 6.73. The summed E-state index contributed by atoms with van der Waals surface area (Å²) in [6, 6.07) is 0. The molecule has 0 aromatic carbocycles. The Morgan fingerprint density at radius 1 is 1.58 bits per heavy atom. The number of allylic oxidation sites excluding steroid dienone is 1. The summed E-state index contributed by atoms with van der Waals surface area (Å²) in [5.74, 6) is -0.117. The first-order chi connectivity index (χ1) is 9.13. The molecule has 0 radical (unpaired) electrons.